The van der Waals surface area contributed by atoms with E-state index in [1.54, 1.807) is 0 Å². The van der Waals surface area contributed by atoms with E-state index < -0.39 is 0 Å². The average molecular weight is 354 g/mol. The Morgan fingerprint density at radius 1 is 0.800 bits per heavy atom. The predicted octanol–water partition coefficient (Wildman–Crippen LogP) is 6.67. The van der Waals surface area contributed by atoms with Crippen molar-refractivity contribution in [1.82, 2.24) is 0 Å². The Morgan fingerprint density at radius 2 is 1.40 bits per heavy atom. The smallest absolute Gasteiger partial charge is 0.104 e. The summed E-state index contributed by atoms with van der Waals surface area (Å²) in [4.78, 5) is 0.457. The van der Waals surface area contributed by atoms with E-state index in [2.05, 4.69) is 37.3 Å². The van der Waals surface area contributed by atoms with Gasteiger partial charge in [-0.05, 0) is 29.5 Å². The zero-order valence-electron chi connectivity index (χ0n) is 15.5. The number of hydrogen-bond acceptors (Lipinski definition) is 1. The lowest BCUT2D eigenvalue weighted by atomic mass is 9.97. The monoisotopic (exact) mass is 353 g/mol. The van der Waals surface area contributed by atoms with Crippen LogP contribution in [0.4, 0.5) is 0 Å². The van der Waals surface area contributed by atoms with Gasteiger partial charge < -0.3 is 5.73 Å². The number of benzene rings is 2. The molecule has 0 spiro atoms. The minimum Gasteiger partial charge on any atom is -0.389 e. The second-order valence-electron chi connectivity index (χ2n) is 6.83. The number of nitrogens with two attached hydrogens (primary N) is 1. The highest BCUT2D eigenvalue weighted by Crippen LogP contribution is 2.24. The van der Waals surface area contributed by atoms with Crippen LogP contribution >= 0.6 is 12.2 Å². The van der Waals surface area contributed by atoms with Crippen LogP contribution in [-0.4, -0.2) is 4.99 Å². The molecule has 0 aliphatic rings. The Hall–Kier alpha value is -1.67. The van der Waals surface area contributed by atoms with Crippen molar-refractivity contribution >= 4 is 17.2 Å². The molecule has 2 aromatic rings. The van der Waals surface area contributed by atoms with Crippen LogP contribution in [0.3, 0.4) is 0 Å². The van der Waals surface area contributed by atoms with Gasteiger partial charge in [-0.2, -0.15) is 0 Å². The second kappa shape index (κ2) is 11.0. The fraction of sp³-hybridized carbons (Fsp3) is 0.435. The molecule has 2 N–H and O–H groups in total. The summed E-state index contributed by atoms with van der Waals surface area (Å²) in [7, 11) is 0. The van der Waals surface area contributed by atoms with Crippen LogP contribution in [-0.2, 0) is 6.42 Å². The highest BCUT2D eigenvalue weighted by Gasteiger charge is 2.06. The van der Waals surface area contributed by atoms with Crippen LogP contribution in [0, 0.1) is 0 Å². The van der Waals surface area contributed by atoms with Gasteiger partial charge in [0.1, 0.15) is 4.99 Å². The Morgan fingerprint density at radius 3 is 2.04 bits per heavy atom. The molecular weight excluding hydrogens is 322 g/mol. The molecule has 0 fully saturated rings. The lowest BCUT2D eigenvalue weighted by molar-refractivity contribution is 0.575. The molecule has 2 heteroatoms. The van der Waals surface area contributed by atoms with Crippen LogP contribution in [0.1, 0.15) is 69.4 Å². The lowest BCUT2D eigenvalue weighted by Crippen LogP contribution is -2.10. The van der Waals surface area contributed by atoms with Gasteiger partial charge in [0.25, 0.3) is 0 Å². The Bertz CT molecular complexity index is 645. The molecule has 0 amide bonds. The second-order valence-corrected chi connectivity index (χ2v) is 7.27. The molecule has 1 nitrogen and oxygen atoms in total. The molecule has 0 aliphatic carbocycles. The molecule has 25 heavy (non-hydrogen) atoms. The molecule has 2 rings (SSSR count). The standard InChI is InChI=1S/C23H31NS/c1-2-3-4-5-6-7-8-9-12-19-15-17-20(18-16-19)21-13-10-11-14-22(21)23(24)25/h10-11,13-18H,2-9,12H2,1H3,(H2,24,25). The van der Waals surface area contributed by atoms with Crippen molar-refractivity contribution < 1.29 is 0 Å². The molecule has 0 saturated heterocycles. The van der Waals surface area contributed by atoms with Gasteiger partial charge in [-0.3, -0.25) is 0 Å². The fourth-order valence-corrected chi connectivity index (χ4v) is 3.44. The molecule has 0 saturated carbocycles. The van der Waals surface area contributed by atoms with Crippen LogP contribution in [0.5, 0.6) is 0 Å². The van der Waals surface area contributed by atoms with Gasteiger partial charge in [-0.15, -0.1) is 0 Å². The van der Waals surface area contributed by atoms with Gasteiger partial charge in [0, 0.05) is 5.56 Å². The van der Waals surface area contributed by atoms with E-state index in [9.17, 15) is 0 Å². The Labute approximate surface area is 158 Å². The first-order chi connectivity index (χ1) is 12.2. The van der Waals surface area contributed by atoms with Crippen molar-refractivity contribution in [3.8, 4) is 11.1 Å². The summed E-state index contributed by atoms with van der Waals surface area (Å²) < 4.78 is 0. The van der Waals surface area contributed by atoms with E-state index in [0.29, 0.717) is 4.99 Å². The molecule has 134 valence electrons. The molecular formula is C23H31NS. The predicted molar refractivity (Wildman–Crippen MR) is 114 cm³/mol. The van der Waals surface area contributed by atoms with Crippen molar-refractivity contribution in [3.63, 3.8) is 0 Å². The highest BCUT2D eigenvalue weighted by molar-refractivity contribution is 7.80. The van der Waals surface area contributed by atoms with Gasteiger partial charge in [-0.1, -0.05) is 113 Å². The van der Waals surface area contributed by atoms with Crippen LogP contribution < -0.4 is 5.73 Å². The summed E-state index contributed by atoms with van der Waals surface area (Å²) in [6, 6.07) is 17.0. The van der Waals surface area contributed by atoms with Crippen LogP contribution in [0.15, 0.2) is 48.5 Å². The molecule has 0 heterocycles. The molecule has 0 aliphatic heterocycles. The van der Waals surface area contributed by atoms with Crippen molar-refractivity contribution in [3.05, 3.63) is 59.7 Å². The normalized spacial score (nSPS) is 10.8. The van der Waals surface area contributed by atoms with Crippen molar-refractivity contribution in [2.75, 3.05) is 0 Å². The third-order valence-electron chi connectivity index (χ3n) is 4.78. The zero-order chi connectivity index (χ0) is 17.9. The summed E-state index contributed by atoms with van der Waals surface area (Å²) in [5.74, 6) is 0. The maximum absolute atomic E-state index is 5.85. The number of rotatable bonds is 11. The maximum atomic E-state index is 5.85. The quantitative estimate of drug-likeness (QED) is 0.360. The summed E-state index contributed by atoms with van der Waals surface area (Å²) >= 11 is 5.17. The van der Waals surface area contributed by atoms with Crippen LogP contribution in [0.25, 0.3) is 11.1 Å². The topological polar surface area (TPSA) is 26.0 Å². The van der Waals surface area contributed by atoms with Crippen molar-refractivity contribution in [2.24, 2.45) is 5.73 Å². The van der Waals surface area contributed by atoms with Crippen molar-refractivity contribution in [2.45, 2.75) is 64.7 Å². The number of thiocarbonyl (C=S) groups is 1. The van der Waals surface area contributed by atoms with Crippen molar-refractivity contribution in [1.29, 1.82) is 0 Å². The highest BCUT2D eigenvalue weighted by atomic mass is 32.1. The molecule has 0 bridgehead atoms. The SMILES string of the molecule is CCCCCCCCCCc1ccc(-c2ccccc2C(N)=S)cc1. The summed E-state index contributed by atoms with van der Waals surface area (Å²) in [5, 5.41) is 0. The van der Waals surface area contributed by atoms with E-state index in [-0.39, 0.29) is 0 Å². The molecule has 0 radical (unpaired) electrons. The van der Waals surface area contributed by atoms with Gasteiger partial charge >= 0.3 is 0 Å². The lowest BCUT2D eigenvalue weighted by Gasteiger charge is -2.09. The number of hydrogen-bond donors (Lipinski definition) is 1. The summed E-state index contributed by atoms with van der Waals surface area (Å²) in [6.45, 7) is 2.27. The first-order valence-corrected chi connectivity index (χ1v) is 10.1. The van der Waals surface area contributed by atoms with E-state index in [0.717, 1.165) is 11.1 Å². The average Bonchev–Trinajstić information content (AvgIpc) is 2.64. The third-order valence-corrected chi connectivity index (χ3v) is 5.00. The van der Waals surface area contributed by atoms with Gasteiger partial charge in [0.2, 0.25) is 0 Å². The van der Waals surface area contributed by atoms with E-state index in [4.69, 9.17) is 18.0 Å². The number of unbranched alkanes of at least 4 members (excludes halogenated alkanes) is 7. The van der Waals surface area contributed by atoms with E-state index >= 15 is 0 Å². The van der Waals surface area contributed by atoms with Gasteiger partial charge in [0.05, 0.1) is 0 Å². The largest absolute Gasteiger partial charge is 0.389 e. The maximum Gasteiger partial charge on any atom is 0.104 e. The fourth-order valence-electron chi connectivity index (χ4n) is 3.26. The zero-order valence-corrected chi connectivity index (χ0v) is 16.3. The minimum absolute atomic E-state index is 0.457. The first kappa shape index (κ1) is 19.7. The number of aryl methyl sites for hydroxylation is 1. The Kier molecular flexibility index (Phi) is 8.68. The summed E-state index contributed by atoms with van der Waals surface area (Å²) in [5.41, 5.74) is 10.5. The van der Waals surface area contributed by atoms with E-state index in [1.165, 1.54) is 68.9 Å². The van der Waals surface area contributed by atoms with Gasteiger partial charge in [-0.25, -0.2) is 0 Å². The molecule has 2 aromatic carbocycles. The Balaban J connectivity index is 1.80. The minimum atomic E-state index is 0.457. The molecule has 0 aromatic heterocycles. The van der Waals surface area contributed by atoms with Gasteiger partial charge in [0.15, 0.2) is 0 Å². The molecule has 0 atom stereocenters. The molecule has 0 unspecified atom stereocenters. The first-order valence-electron chi connectivity index (χ1n) is 9.70. The van der Waals surface area contributed by atoms with E-state index in [1.807, 2.05) is 18.2 Å². The van der Waals surface area contributed by atoms with Crippen LogP contribution in [0.2, 0.25) is 0 Å². The third kappa shape index (κ3) is 6.62. The summed E-state index contributed by atoms with van der Waals surface area (Å²) in [6.07, 6.45) is 12.1.